The molecule has 5 rings (SSSR count). The van der Waals surface area contributed by atoms with Gasteiger partial charge in [0.25, 0.3) is 5.91 Å². The SMILES string of the molecule is Cc1cc(NC(=O)[C@H]2Oc3c(c(=O)oc4ccccc34)[C@H]2c2ccc(O)cc2)no1. The molecular formula is C22H16N2O6. The maximum Gasteiger partial charge on any atom is 0.344 e. The van der Waals surface area contributed by atoms with Crippen LogP contribution in [0.2, 0.25) is 0 Å². The Hall–Kier alpha value is -4.07. The highest BCUT2D eigenvalue weighted by Crippen LogP contribution is 2.44. The Morgan fingerprint density at radius 3 is 2.63 bits per heavy atom. The van der Waals surface area contributed by atoms with Gasteiger partial charge in [-0.15, -0.1) is 0 Å². The first kappa shape index (κ1) is 18.0. The van der Waals surface area contributed by atoms with Gasteiger partial charge in [-0.1, -0.05) is 29.4 Å². The summed E-state index contributed by atoms with van der Waals surface area (Å²) in [6, 6.07) is 14.8. The molecule has 2 N–H and O–H groups in total. The number of rotatable bonds is 3. The van der Waals surface area contributed by atoms with E-state index in [0.29, 0.717) is 28.0 Å². The highest BCUT2D eigenvalue weighted by Gasteiger charge is 2.44. The Kier molecular flexibility index (Phi) is 4.06. The summed E-state index contributed by atoms with van der Waals surface area (Å²) in [5, 5.41) is 16.7. The number of para-hydroxylation sites is 1. The fourth-order valence-corrected chi connectivity index (χ4v) is 3.73. The van der Waals surface area contributed by atoms with Crippen molar-refractivity contribution in [1.29, 1.82) is 0 Å². The van der Waals surface area contributed by atoms with Gasteiger partial charge in [-0.05, 0) is 36.8 Å². The van der Waals surface area contributed by atoms with E-state index >= 15 is 0 Å². The van der Waals surface area contributed by atoms with E-state index in [-0.39, 0.29) is 17.1 Å². The Bertz CT molecular complexity index is 1320. The lowest BCUT2D eigenvalue weighted by Gasteiger charge is -2.18. The normalized spacial score (nSPS) is 17.5. The van der Waals surface area contributed by atoms with Gasteiger partial charge >= 0.3 is 5.63 Å². The second-order valence-electron chi connectivity index (χ2n) is 7.05. The molecule has 30 heavy (non-hydrogen) atoms. The number of benzene rings is 2. The van der Waals surface area contributed by atoms with Crippen LogP contribution in [0.5, 0.6) is 11.5 Å². The number of anilines is 1. The number of aryl methyl sites for hydroxylation is 1. The largest absolute Gasteiger partial charge is 0.508 e. The van der Waals surface area contributed by atoms with E-state index in [4.69, 9.17) is 13.7 Å². The van der Waals surface area contributed by atoms with Crippen LogP contribution in [0, 0.1) is 6.92 Å². The maximum absolute atomic E-state index is 13.1. The van der Waals surface area contributed by atoms with E-state index in [1.165, 1.54) is 12.1 Å². The topological polar surface area (TPSA) is 115 Å². The highest BCUT2D eigenvalue weighted by molar-refractivity contribution is 5.97. The first-order chi connectivity index (χ1) is 14.5. The number of aromatic hydroxyl groups is 1. The smallest absolute Gasteiger partial charge is 0.344 e. The van der Waals surface area contributed by atoms with Crippen molar-refractivity contribution in [2.45, 2.75) is 18.9 Å². The van der Waals surface area contributed by atoms with Gasteiger partial charge in [0.15, 0.2) is 11.9 Å². The van der Waals surface area contributed by atoms with Gasteiger partial charge in [0, 0.05) is 6.07 Å². The second kappa shape index (κ2) is 6.77. The molecule has 8 heteroatoms. The highest BCUT2D eigenvalue weighted by atomic mass is 16.5. The molecule has 0 spiro atoms. The van der Waals surface area contributed by atoms with Crippen molar-refractivity contribution >= 4 is 22.7 Å². The lowest BCUT2D eigenvalue weighted by molar-refractivity contribution is -0.122. The number of phenols is 1. The molecule has 8 nitrogen and oxygen atoms in total. The summed E-state index contributed by atoms with van der Waals surface area (Å²) in [4.78, 5) is 25.9. The Morgan fingerprint density at radius 2 is 1.90 bits per heavy atom. The molecule has 0 saturated carbocycles. The summed E-state index contributed by atoms with van der Waals surface area (Å²) < 4.78 is 16.5. The Labute approximate surface area is 169 Å². The van der Waals surface area contributed by atoms with Crippen LogP contribution in [0.25, 0.3) is 11.0 Å². The minimum atomic E-state index is -1.05. The number of hydrogen-bond donors (Lipinski definition) is 2. The number of amides is 1. The quantitative estimate of drug-likeness (QED) is 0.503. The summed E-state index contributed by atoms with van der Waals surface area (Å²) in [6.45, 7) is 1.71. The lowest BCUT2D eigenvalue weighted by atomic mass is 9.88. The first-order valence-electron chi connectivity index (χ1n) is 9.27. The van der Waals surface area contributed by atoms with Gasteiger partial charge in [-0.2, -0.15) is 0 Å². The number of ether oxygens (including phenoxy) is 1. The molecule has 150 valence electrons. The summed E-state index contributed by atoms with van der Waals surface area (Å²) in [6.07, 6.45) is -1.05. The van der Waals surface area contributed by atoms with Crippen LogP contribution in [-0.4, -0.2) is 22.3 Å². The Morgan fingerprint density at radius 1 is 1.13 bits per heavy atom. The number of carbonyl (C=O) groups excluding carboxylic acids is 1. The zero-order valence-corrected chi connectivity index (χ0v) is 15.8. The average Bonchev–Trinajstić information content (AvgIpc) is 3.33. The third-order valence-electron chi connectivity index (χ3n) is 5.05. The number of fused-ring (bicyclic) bond motifs is 3. The number of carbonyl (C=O) groups is 1. The number of phenolic OH excluding ortho intramolecular Hbond substituents is 1. The monoisotopic (exact) mass is 404 g/mol. The van der Waals surface area contributed by atoms with Crippen LogP contribution < -0.4 is 15.7 Å². The molecule has 0 unspecified atom stereocenters. The minimum Gasteiger partial charge on any atom is -0.508 e. The van der Waals surface area contributed by atoms with E-state index < -0.39 is 23.6 Å². The molecule has 2 aromatic heterocycles. The van der Waals surface area contributed by atoms with Crippen molar-refractivity contribution in [2.75, 3.05) is 5.32 Å². The van der Waals surface area contributed by atoms with Gasteiger partial charge in [-0.3, -0.25) is 4.79 Å². The summed E-state index contributed by atoms with van der Waals surface area (Å²) in [5.74, 6) is -0.0320. The molecule has 0 saturated heterocycles. The molecule has 2 aromatic carbocycles. The predicted octanol–water partition coefficient (Wildman–Crippen LogP) is 3.33. The van der Waals surface area contributed by atoms with Crippen LogP contribution in [0.4, 0.5) is 5.82 Å². The molecule has 4 aromatic rings. The third-order valence-corrected chi connectivity index (χ3v) is 5.05. The van der Waals surface area contributed by atoms with Gasteiger partial charge in [-0.25, -0.2) is 4.79 Å². The average molecular weight is 404 g/mol. The molecule has 1 aliphatic heterocycles. The molecule has 0 radical (unpaired) electrons. The van der Waals surface area contributed by atoms with E-state index in [1.807, 2.05) is 0 Å². The number of nitrogens with one attached hydrogen (secondary N) is 1. The molecular weight excluding hydrogens is 388 g/mol. The van der Waals surface area contributed by atoms with Gasteiger partial charge in [0.1, 0.15) is 22.8 Å². The van der Waals surface area contributed by atoms with Crippen LogP contribution >= 0.6 is 0 Å². The maximum atomic E-state index is 13.1. The minimum absolute atomic E-state index is 0.0718. The number of aromatic nitrogens is 1. The van der Waals surface area contributed by atoms with Crippen molar-refractivity contribution < 1.29 is 23.6 Å². The number of hydrogen-bond acceptors (Lipinski definition) is 7. The molecule has 0 aliphatic carbocycles. The summed E-state index contributed by atoms with van der Waals surface area (Å²) >= 11 is 0. The zero-order valence-electron chi connectivity index (χ0n) is 15.8. The van der Waals surface area contributed by atoms with Crippen molar-refractivity contribution in [3.63, 3.8) is 0 Å². The molecule has 1 amide bonds. The van der Waals surface area contributed by atoms with E-state index in [2.05, 4.69) is 10.5 Å². The molecule has 3 heterocycles. The van der Waals surface area contributed by atoms with Crippen LogP contribution in [0.15, 0.2) is 68.3 Å². The fourth-order valence-electron chi connectivity index (χ4n) is 3.73. The Balaban J connectivity index is 1.64. The first-order valence-corrected chi connectivity index (χ1v) is 9.27. The standard InChI is InChI=1S/C22H16N2O6/c1-11-10-16(24-30-11)23-21(26)20-17(12-6-8-13(25)9-7-12)18-19(29-20)14-4-2-3-5-15(14)28-22(18)27/h2-10,17,20,25H,1H3,(H,23,24,26)/t17-,20+/m1/s1. The molecule has 2 atom stereocenters. The van der Waals surface area contributed by atoms with Gasteiger partial charge in [0.05, 0.1) is 16.9 Å². The fraction of sp³-hybridized carbons (Fsp3) is 0.136. The summed E-state index contributed by atoms with van der Waals surface area (Å²) in [7, 11) is 0. The van der Waals surface area contributed by atoms with Crippen LogP contribution in [0.3, 0.4) is 0 Å². The third kappa shape index (κ3) is 2.89. The molecule has 1 aliphatic rings. The predicted molar refractivity (Wildman–Crippen MR) is 107 cm³/mol. The van der Waals surface area contributed by atoms with Crippen molar-refractivity contribution in [2.24, 2.45) is 0 Å². The van der Waals surface area contributed by atoms with E-state index in [1.54, 1.807) is 49.4 Å². The van der Waals surface area contributed by atoms with Crippen molar-refractivity contribution in [3.05, 3.63) is 81.9 Å². The van der Waals surface area contributed by atoms with Gasteiger partial charge in [0.2, 0.25) is 0 Å². The second-order valence-corrected chi connectivity index (χ2v) is 7.05. The van der Waals surface area contributed by atoms with Crippen molar-refractivity contribution in [1.82, 2.24) is 5.16 Å². The zero-order chi connectivity index (χ0) is 20.8. The van der Waals surface area contributed by atoms with Gasteiger partial charge < -0.3 is 24.1 Å². The lowest BCUT2D eigenvalue weighted by Crippen LogP contribution is -2.35. The molecule has 0 fully saturated rings. The molecule has 0 bridgehead atoms. The van der Waals surface area contributed by atoms with Crippen molar-refractivity contribution in [3.8, 4) is 11.5 Å². The van der Waals surface area contributed by atoms with E-state index in [9.17, 15) is 14.7 Å². The van der Waals surface area contributed by atoms with E-state index in [0.717, 1.165) is 0 Å². The summed E-state index contributed by atoms with van der Waals surface area (Å²) in [5.41, 5.74) is 0.690. The number of nitrogens with zero attached hydrogens (tertiary/aromatic N) is 1. The van der Waals surface area contributed by atoms with Crippen LogP contribution in [-0.2, 0) is 4.79 Å². The van der Waals surface area contributed by atoms with Crippen LogP contribution in [0.1, 0.15) is 22.8 Å².